The third kappa shape index (κ3) is 8.05. The first-order valence-corrected chi connectivity index (χ1v) is 11.2. The second-order valence-corrected chi connectivity index (χ2v) is 9.07. The number of esters is 1. The standard InChI is InChI=1S/C23H34ClN3O4/c1-16(2)12-20(23(30)31-4)25-21(28)13-17(3)14-22(29)27-10-8-26(9-11-27)19-7-5-6-18(24)15-19/h5-7,15-17,20H,8-14H2,1-4H3,(H,25,28). The van der Waals surface area contributed by atoms with Gasteiger partial charge in [0.15, 0.2) is 0 Å². The summed E-state index contributed by atoms with van der Waals surface area (Å²) in [7, 11) is 1.31. The van der Waals surface area contributed by atoms with E-state index in [0.29, 0.717) is 31.0 Å². The van der Waals surface area contributed by atoms with Crippen LogP contribution in [0.15, 0.2) is 24.3 Å². The van der Waals surface area contributed by atoms with Crippen LogP contribution in [-0.4, -0.2) is 62.0 Å². The maximum absolute atomic E-state index is 12.7. The van der Waals surface area contributed by atoms with Crippen molar-refractivity contribution < 1.29 is 19.1 Å². The molecular formula is C23H34ClN3O4. The highest BCUT2D eigenvalue weighted by molar-refractivity contribution is 6.30. The monoisotopic (exact) mass is 451 g/mol. The van der Waals surface area contributed by atoms with Crippen molar-refractivity contribution in [1.29, 1.82) is 0 Å². The van der Waals surface area contributed by atoms with Crippen LogP contribution in [0.4, 0.5) is 5.69 Å². The van der Waals surface area contributed by atoms with Gasteiger partial charge in [-0.1, -0.05) is 38.4 Å². The maximum atomic E-state index is 12.7. The summed E-state index contributed by atoms with van der Waals surface area (Å²) < 4.78 is 4.78. The highest BCUT2D eigenvalue weighted by Gasteiger charge is 2.26. The van der Waals surface area contributed by atoms with Crippen LogP contribution in [0.3, 0.4) is 0 Å². The molecule has 0 saturated carbocycles. The van der Waals surface area contributed by atoms with Crippen LogP contribution < -0.4 is 10.2 Å². The van der Waals surface area contributed by atoms with Gasteiger partial charge in [-0.15, -0.1) is 0 Å². The Labute approximate surface area is 190 Å². The highest BCUT2D eigenvalue weighted by Crippen LogP contribution is 2.21. The Morgan fingerprint density at radius 2 is 1.77 bits per heavy atom. The van der Waals surface area contributed by atoms with Crippen molar-refractivity contribution >= 4 is 35.1 Å². The Bertz CT molecular complexity index is 763. The zero-order valence-electron chi connectivity index (χ0n) is 18.9. The molecule has 7 nitrogen and oxygen atoms in total. The molecule has 1 fully saturated rings. The van der Waals surface area contributed by atoms with Crippen molar-refractivity contribution in [2.24, 2.45) is 11.8 Å². The molecule has 2 atom stereocenters. The van der Waals surface area contributed by atoms with E-state index < -0.39 is 12.0 Å². The lowest BCUT2D eigenvalue weighted by Gasteiger charge is -2.36. The minimum absolute atomic E-state index is 0.0535. The molecule has 1 N–H and O–H groups in total. The molecule has 8 heteroatoms. The number of carbonyl (C=O) groups excluding carboxylic acids is 3. The van der Waals surface area contributed by atoms with Gasteiger partial charge in [0.2, 0.25) is 11.8 Å². The Balaban J connectivity index is 1.79. The third-order valence-corrected chi connectivity index (χ3v) is 5.63. The number of nitrogens with one attached hydrogen (secondary N) is 1. The number of ether oxygens (including phenoxy) is 1. The number of halogens is 1. The summed E-state index contributed by atoms with van der Waals surface area (Å²) in [6, 6.07) is 7.07. The number of anilines is 1. The van der Waals surface area contributed by atoms with E-state index in [1.54, 1.807) is 0 Å². The zero-order valence-corrected chi connectivity index (χ0v) is 19.7. The summed E-state index contributed by atoms with van der Waals surface area (Å²) in [6.45, 7) is 8.63. The summed E-state index contributed by atoms with van der Waals surface area (Å²) in [5, 5.41) is 3.46. The first kappa shape index (κ1) is 25.0. The van der Waals surface area contributed by atoms with E-state index in [4.69, 9.17) is 16.3 Å². The van der Waals surface area contributed by atoms with Crippen LogP contribution in [0.1, 0.15) is 40.0 Å². The topological polar surface area (TPSA) is 78.9 Å². The third-order valence-electron chi connectivity index (χ3n) is 5.39. The van der Waals surface area contributed by atoms with Crippen molar-refractivity contribution in [3.05, 3.63) is 29.3 Å². The molecule has 0 bridgehead atoms. The van der Waals surface area contributed by atoms with Crippen LogP contribution in [-0.2, 0) is 19.1 Å². The molecule has 1 aliphatic heterocycles. The number of piperazine rings is 1. The van der Waals surface area contributed by atoms with Crippen LogP contribution in [0.25, 0.3) is 0 Å². The number of methoxy groups -OCH3 is 1. The average molecular weight is 452 g/mol. The van der Waals surface area contributed by atoms with Gasteiger partial charge in [0.05, 0.1) is 7.11 Å². The number of rotatable bonds is 9. The van der Waals surface area contributed by atoms with Gasteiger partial charge in [0, 0.05) is 49.7 Å². The average Bonchev–Trinajstić information content (AvgIpc) is 2.72. The minimum atomic E-state index is -0.653. The van der Waals surface area contributed by atoms with Gasteiger partial charge in [-0.25, -0.2) is 4.79 Å². The van der Waals surface area contributed by atoms with Crippen molar-refractivity contribution in [3.8, 4) is 0 Å². The van der Waals surface area contributed by atoms with Crippen LogP contribution in [0.5, 0.6) is 0 Å². The lowest BCUT2D eigenvalue weighted by molar-refractivity contribution is -0.145. The van der Waals surface area contributed by atoms with E-state index in [1.807, 2.05) is 49.9 Å². The summed E-state index contributed by atoms with van der Waals surface area (Å²) in [6.07, 6.45) is 1.01. The zero-order chi connectivity index (χ0) is 23.0. The predicted octanol–water partition coefficient (Wildman–Crippen LogP) is 3.11. The molecule has 172 valence electrons. The van der Waals surface area contributed by atoms with Crippen molar-refractivity contribution in [3.63, 3.8) is 0 Å². The van der Waals surface area contributed by atoms with Gasteiger partial charge in [-0.3, -0.25) is 9.59 Å². The van der Waals surface area contributed by atoms with E-state index in [-0.39, 0.29) is 30.1 Å². The number of hydrogen-bond donors (Lipinski definition) is 1. The molecule has 0 aromatic heterocycles. The van der Waals surface area contributed by atoms with Crippen LogP contribution in [0.2, 0.25) is 5.02 Å². The van der Waals surface area contributed by atoms with E-state index in [1.165, 1.54) is 7.11 Å². The summed E-state index contributed by atoms with van der Waals surface area (Å²) >= 11 is 6.07. The molecule has 31 heavy (non-hydrogen) atoms. The number of carbonyl (C=O) groups is 3. The Morgan fingerprint density at radius 1 is 1.10 bits per heavy atom. The van der Waals surface area contributed by atoms with Gasteiger partial charge in [0.1, 0.15) is 6.04 Å². The second-order valence-electron chi connectivity index (χ2n) is 8.63. The molecule has 1 aliphatic rings. The van der Waals surface area contributed by atoms with Crippen molar-refractivity contribution in [2.75, 3.05) is 38.2 Å². The van der Waals surface area contributed by atoms with Crippen molar-refractivity contribution in [2.45, 2.75) is 46.1 Å². The summed E-state index contributed by atoms with van der Waals surface area (Å²) in [5.41, 5.74) is 1.06. The Kier molecular flexibility index (Phi) is 9.62. The molecule has 0 radical (unpaired) electrons. The van der Waals surface area contributed by atoms with Gasteiger partial charge >= 0.3 is 5.97 Å². The molecule has 1 aromatic carbocycles. The fourth-order valence-corrected chi connectivity index (χ4v) is 3.97. The van der Waals surface area contributed by atoms with E-state index in [0.717, 1.165) is 18.8 Å². The van der Waals surface area contributed by atoms with Gasteiger partial charge in [-0.2, -0.15) is 0 Å². The van der Waals surface area contributed by atoms with E-state index in [2.05, 4.69) is 10.2 Å². The molecule has 0 spiro atoms. The molecule has 2 unspecified atom stereocenters. The molecular weight excluding hydrogens is 418 g/mol. The van der Waals surface area contributed by atoms with E-state index in [9.17, 15) is 14.4 Å². The quantitative estimate of drug-likeness (QED) is 0.583. The number of benzene rings is 1. The second kappa shape index (κ2) is 11.9. The summed E-state index contributed by atoms with van der Waals surface area (Å²) in [4.78, 5) is 41.0. The Hall–Kier alpha value is -2.28. The maximum Gasteiger partial charge on any atom is 0.328 e. The van der Waals surface area contributed by atoms with Gasteiger partial charge < -0.3 is 19.9 Å². The number of amides is 2. The molecule has 1 heterocycles. The lowest BCUT2D eigenvalue weighted by atomic mass is 10.0. The molecule has 2 amide bonds. The SMILES string of the molecule is COC(=O)C(CC(C)C)NC(=O)CC(C)CC(=O)N1CCN(c2cccc(Cl)c2)CC1. The van der Waals surface area contributed by atoms with Gasteiger partial charge in [0.25, 0.3) is 0 Å². The molecule has 1 saturated heterocycles. The smallest absolute Gasteiger partial charge is 0.328 e. The van der Waals surface area contributed by atoms with Crippen LogP contribution in [0, 0.1) is 11.8 Å². The van der Waals surface area contributed by atoms with E-state index >= 15 is 0 Å². The molecule has 1 aromatic rings. The number of nitrogens with zero attached hydrogens (tertiary/aromatic N) is 2. The van der Waals surface area contributed by atoms with Gasteiger partial charge in [-0.05, 0) is 36.5 Å². The fourth-order valence-electron chi connectivity index (χ4n) is 3.78. The first-order valence-electron chi connectivity index (χ1n) is 10.8. The largest absolute Gasteiger partial charge is 0.467 e. The fraction of sp³-hybridized carbons (Fsp3) is 0.609. The Morgan fingerprint density at radius 3 is 2.35 bits per heavy atom. The highest BCUT2D eigenvalue weighted by atomic mass is 35.5. The molecule has 2 rings (SSSR count). The molecule has 0 aliphatic carbocycles. The van der Waals surface area contributed by atoms with Crippen molar-refractivity contribution in [1.82, 2.24) is 10.2 Å². The minimum Gasteiger partial charge on any atom is -0.467 e. The van der Waals surface area contributed by atoms with Crippen LogP contribution >= 0.6 is 11.6 Å². The normalized spacial score (nSPS) is 16.1. The lowest BCUT2D eigenvalue weighted by Crippen LogP contribution is -2.49. The summed E-state index contributed by atoms with van der Waals surface area (Å²) in [5.74, 6) is -0.493. The number of hydrogen-bond acceptors (Lipinski definition) is 5. The first-order chi connectivity index (χ1) is 14.7. The predicted molar refractivity (Wildman–Crippen MR) is 122 cm³/mol.